The van der Waals surface area contributed by atoms with E-state index in [2.05, 4.69) is 0 Å². The number of rotatable bonds is 0. The second kappa shape index (κ2) is 21.7. The van der Waals surface area contributed by atoms with Crippen molar-refractivity contribution in [2.75, 3.05) is 0 Å². The molecule has 0 rings (SSSR count). The first-order chi connectivity index (χ1) is 0. The first kappa shape index (κ1) is 42.0. The Bertz CT molecular complexity index is 8.00. The topological polar surface area (TPSA) is 35.0 Å². The molecular weight excluding hydrogens is 242 g/mol. The van der Waals surface area contributed by atoms with Crippen molar-refractivity contribution >= 4 is 52.3 Å². The second-order valence-corrected chi connectivity index (χ2v) is 0. The molecule has 6 radical (unpaired) electrons. The zero-order valence-corrected chi connectivity index (χ0v) is 8.15. The van der Waals surface area contributed by atoms with Crippen molar-refractivity contribution in [2.45, 2.75) is 0 Å². The van der Waals surface area contributed by atoms with Gasteiger partial charge in [-0.1, -0.05) is 0 Å². The van der Waals surface area contributed by atoms with Crippen LogP contribution in [0.3, 0.4) is 0 Å². The molecule has 1 nitrogen and oxygen atoms in total. The van der Waals surface area contributed by atoms with Crippen LogP contribution < -0.4 is 6.15 Å². The molecule has 0 aliphatic carbocycles. The van der Waals surface area contributed by atoms with E-state index in [1.54, 1.807) is 0 Å². The summed E-state index contributed by atoms with van der Waals surface area (Å²) in [5.74, 6) is 0. The maximum absolute atomic E-state index is 0. The Kier molecular flexibility index (Phi) is 227. The maximum atomic E-state index is 0. The van der Waals surface area contributed by atoms with E-state index in [1.807, 2.05) is 0 Å². The molecule has 0 fully saturated rings. The molecule has 0 bridgehead atoms. The van der Waals surface area contributed by atoms with E-state index in [9.17, 15) is 0 Å². The molecule has 3 N–H and O–H groups in total. The predicted molar refractivity (Wildman–Crippen MR) is 27.6 cm³/mol. The van der Waals surface area contributed by atoms with Crippen LogP contribution in [0.15, 0.2) is 0 Å². The third-order valence-electron chi connectivity index (χ3n) is 0. The summed E-state index contributed by atoms with van der Waals surface area (Å²) in [6.07, 6.45) is 0. The van der Waals surface area contributed by atoms with Gasteiger partial charge in [0.05, 0.1) is 0 Å². The van der Waals surface area contributed by atoms with E-state index in [4.69, 9.17) is 0 Å². The van der Waals surface area contributed by atoms with Crippen LogP contribution in [0.5, 0.6) is 0 Å². The summed E-state index contributed by atoms with van der Waals surface area (Å²) in [6, 6.07) is 0. The average Bonchev–Trinajstić information content (AvgIpc) is 0. The predicted octanol–water partition coefficient (Wildman–Crippen LogP) is -0.542. The molecule has 0 amide bonds. The summed E-state index contributed by atoms with van der Waals surface area (Å²) in [4.78, 5) is 0. The minimum absolute atomic E-state index is 0. The molecular formula is H6AsNPSb. The first-order valence-electron chi connectivity index (χ1n) is 0. The molecule has 1 atom stereocenters. The van der Waals surface area contributed by atoms with Crippen LogP contribution in [0, 0.1) is 0 Å². The van der Waals surface area contributed by atoms with Crippen LogP contribution in [0.25, 0.3) is 0 Å². The summed E-state index contributed by atoms with van der Waals surface area (Å²) >= 11 is 0. The molecule has 0 aromatic rings. The van der Waals surface area contributed by atoms with Gasteiger partial charge in [-0.05, 0) is 0 Å². The van der Waals surface area contributed by atoms with Crippen LogP contribution in [0.4, 0.5) is 0 Å². The van der Waals surface area contributed by atoms with Crippen molar-refractivity contribution in [3.63, 3.8) is 0 Å². The fourth-order valence-corrected chi connectivity index (χ4v) is 0. The largest absolute Gasteiger partial charge is 0.344 e. The molecule has 26 valence electrons. The standard InChI is InChI=1S/As.H3N.H3P.Sb/h;2*1H3;. The number of hydrogen-bond acceptors (Lipinski definition) is 1. The van der Waals surface area contributed by atoms with Gasteiger partial charge in [0.25, 0.3) is 0 Å². The molecule has 0 aliphatic heterocycles. The van der Waals surface area contributed by atoms with Gasteiger partial charge >= 0.3 is 0 Å². The summed E-state index contributed by atoms with van der Waals surface area (Å²) < 4.78 is 0. The van der Waals surface area contributed by atoms with E-state index >= 15 is 0 Å². The molecule has 4 heteroatoms. The van der Waals surface area contributed by atoms with Crippen LogP contribution >= 0.6 is 9.90 Å². The molecule has 0 heterocycles. The average molecular weight is 248 g/mol. The van der Waals surface area contributed by atoms with Gasteiger partial charge in [0.15, 0.2) is 0 Å². The Hall–Kier alpha value is 1.77. The summed E-state index contributed by atoms with van der Waals surface area (Å²) in [5, 5.41) is 0. The van der Waals surface area contributed by atoms with E-state index < -0.39 is 0 Å². The molecule has 0 aromatic carbocycles. The van der Waals surface area contributed by atoms with Crippen LogP contribution in [0.2, 0.25) is 0 Å². The maximum Gasteiger partial charge on any atom is 0 e. The third-order valence-corrected chi connectivity index (χ3v) is 0. The van der Waals surface area contributed by atoms with Gasteiger partial charge in [0, 0.05) is 42.4 Å². The monoisotopic (exact) mass is 247 g/mol. The van der Waals surface area contributed by atoms with Crippen LogP contribution in [-0.2, 0) is 0 Å². The number of hydrogen-bond donors (Lipinski definition) is 1. The van der Waals surface area contributed by atoms with Crippen molar-refractivity contribution in [3.8, 4) is 0 Å². The molecule has 0 aromatic heterocycles. The van der Waals surface area contributed by atoms with Crippen LogP contribution in [-0.4, -0.2) is 42.4 Å². The fourth-order valence-electron chi connectivity index (χ4n) is 0. The van der Waals surface area contributed by atoms with Crippen molar-refractivity contribution < 1.29 is 0 Å². The SMILES string of the molecule is N.P.[As].[Sb]. The Morgan fingerprint density at radius 2 is 1.00 bits per heavy atom. The normalized spacial score (nSPS) is 0. The van der Waals surface area contributed by atoms with Gasteiger partial charge in [-0.3, -0.25) is 0 Å². The van der Waals surface area contributed by atoms with Gasteiger partial charge in [0.2, 0.25) is 0 Å². The minimum Gasteiger partial charge on any atom is -0.344 e. The second-order valence-electron chi connectivity index (χ2n) is 0. The quantitative estimate of drug-likeness (QED) is 0.453. The van der Waals surface area contributed by atoms with Crippen molar-refractivity contribution in [1.82, 2.24) is 6.15 Å². The van der Waals surface area contributed by atoms with Gasteiger partial charge in [-0.25, -0.2) is 0 Å². The third kappa shape index (κ3) is 9.24. The van der Waals surface area contributed by atoms with E-state index in [-0.39, 0.29) is 58.4 Å². The van der Waals surface area contributed by atoms with E-state index in [0.717, 1.165) is 0 Å². The molecule has 0 saturated heterocycles. The fraction of sp³-hybridized carbons (Fsp3) is 0. The first-order valence-corrected chi connectivity index (χ1v) is 0. The minimum atomic E-state index is 0. The molecule has 0 aliphatic rings. The molecule has 1 unspecified atom stereocenters. The summed E-state index contributed by atoms with van der Waals surface area (Å²) in [7, 11) is 0. The van der Waals surface area contributed by atoms with Crippen molar-refractivity contribution in [2.24, 2.45) is 0 Å². The smallest absolute Gasteiger partial charge is 0 e. The Balaban J connectivity index is 0. The Labute approximate surface area is 58.3 Å². The zero-order chi connectivity index (χ0) is 0. The summed E-state index contributed by atoms with van der Waals surface area (Å²) in [6.45, 7) is 0. The Morgan fingerprint density at radius 1 is 1.00 bits per heavy atom. The Morgan fingerprint density at radius 3 is 1.00 bits per heavy atom. The molecule has 4 heavy (non-hydrogen) atoms. The van der Waals surface area contributed by atoms with Gasteiger partial charge in [-0.15, -0.1) is 0 Å². The van der Waals surface area contributed by atoms with Gasteiger partial charge < -0.3 is 6.15 Å². The van der Waals surface area contributed by atoms with Gasteiger partial charge in [-0.2, -0.15) is 9.90 Å². The molecule has 0 saturated carbocycles. The van der Waals surface area contributed by atoms with Crippen LogP contribution in [0.1, 0.15) is 0 Å². The van der Waals surface area contributed by atoms with Gasteiger partial charge in [0.1, 0.15) is 0 Å². The van der Waals surface area contributed by atoms with E-state index in [1.165, 1.54) is 0 Å². The van der Waals surface area contributed by atoms with Crippen molar-refractivity contribution in [3.05, 3.63) is 0 Å². The van der Waals surface area contributed by atoms with E-state index in [0.29, 0.717) is 0 Å². The zero-order valence-electron chi connectivity index (χ0n) is 2.31. The van der Waals surface area contributed by atoms with Crippen molar-refractivity contribution in [1.29, 1.82) is 0 Å². The molecule has 0 spiro atoms. The summed E-state index contributed by atoms with van der Waals surface area (Å²) in [5.41, 5.74) is 0.